The molecule has 7 nitrogen and oxygen atoms in total. The number of H-pyrrole nitrogens is 1. The van der Waals surface area contributed by atoms with Crippen molar-refractivity contribution in [3.05, 3.63) is 36.1 Å². The van der Waals surface area contributed by atoms with Crippen LogP contribution in [-0.2, 0) is 0 Å². The minimum absolute atomic E-state index is 0. The lowest BCUT2D eigenvalue weighted by Gasteiger charge is -1.79. The molecule has 0 amide bonds. The average molecular weight is 464 g/mol. The Balaban J connectivity index is -0.0000000568. The van der Waals surface area contributed by atoms with Gasteiger partial charge in [-0.15, -0.1) is 5.10 Å². The summed E-state index contributed by atoms with van der Waals surface area (Å²) in [5.41, 5.74) is 1.68. The molecule has 180 valence electrons. The summed E-state index contributed by atoms with van der Waals surface area (Å²) in [6, 6.07) is 0. The van der Waals surface area contributed by atoms with E-state index in [0.717, 1.165) is 17.8 Å². The lowest BCUT2D eigenvalue weighted by Crippen LogP contribution is -1.66. The van der Waals surface area contributed by atoms with Gasteiger partial charge >= 0.3 is 0 Å². The Morgan fingerprint density at radius 3 is 1.30 bits per heavy atom. The van der Waals surface area contributed by atoms with Gasteiger partial charge in [-0.3, -0.25) is 5.10 Å². The third kappa shape index (κ3) is 95.3. The maximum atomic E-state index is 3.65. The highest BCUT2D eigenvalue weighted by molar-refractivity contribution is 7.03. The van der Waals surface area contributed by atoms with Crippen LogP contribution in [0.3, 0.4) is 0 Å². The fourth-order valence-corrected chi connectivity index (χ4v) is 0.983. The molecule has 0 radical (unpaired) electrons. The Morgan fingerprint density at radius 2 is 1.20 bits per heavy atom. The number of hydrogen-bond acceptors (Lipinski definition) is 8. The van der Waals surface area contributed by atoms with Crippen molar-refractivity contribution in [1.29, 1.82) is 0 Å². The van der Waals surface area contributed by atoms with Crippen LogP contribution in [0, 0.1) is 17.8 Å². The maximum Gasteiger partial charge on any atom is 0.137 e. The van der Waals surface area contributed by atoms with Crippen LogP contribution in [0.25, 0.3) is 0 Å². The zero-order valence-corrected chi connectivity index (χ0v) is 19.8. The Labute approximate surface area is 195 Å². The van der Waals surface area contributed by atoms with Gasteiger partial charge in [0.25, 0.3) is 0 Å². The second-order valence-electron chi connectivity index (χ2n) is 7.02. The summed E-state index contributed by atoms with van der Waals surface area (Å²) in [7, 11) is 0. The van der Waals surface area contributed by atoms with Gasteiger partial charge in [-0.1, -0.05) is 89.1 Å². The van der Waals surface area contributed by atoms with Crippen molar-refractivity contribution in [1.82, 2.24) is 34.1 Å². The molecule has 3 aromatic rings. The zero-order valence-electron chi connectivity index (χ0n) is 18.2. The fraction of sp³-hybridized carbons (Fsp3) is 0.714. The van der Waals surface area contributed by atoms with Gasteiger partial charge in [0.15, 0.2) is 0 Å². The molecular weight excluding hydrogens is 414 g/mol. The van der Waals surface area contributed by atoms with Crippen molar-refractivity contribution < 1.29 is 0 Å². The molecule has 0 aromatic carbocycles. The maximum absolute atomic E-state index is 3.65. The van der Waals surface area contributed by atoms with Crippen molar-refractivity contribution in [3.63, 3.8) is 0 Å². The van der Waals surface area contributed by atoms with E-state index in [1.54, 1.807) is 11.7 Å². The first kappa shape index (κ1) is 42.4. The Hall–Kier alpha value is -1.74. The molecule has 0 aliphatic carbocycles. The van der Waals surface area contributed by atoms with Gasteiger partial charge in [0, 0.05) is 5.38 Å². The molecule has 0 unspecified atom stereocenters. The van der Waals surface area contributed by atoms with E-state index in [9.17, 15) is 0 Å². The highest BCUT2D eigenvalue weighted by Gasteiger charge is 1.69. The van der Waals surface area contributed by atoms with Crippen molar-refractivity contribution in [3.8, 4) is 0 Å². The molecule has 0 aliphatic rings. The molecule has 1 N–H and O–H groups in total. The van der Waals surface area contributed by atoms with Crippen molar-refractivity contribution in [2.45, 2.75) is 84.6 Å². The first-order chi connectivity index (χ1) is 12.7. The Kier molecular flexibility index (Phi) is 53.6. The number of nitrogens with one attached hydrogen (secondary N) is 1. The van der Waals surface area contributed by atoms with Gasteiger partial charge in [-0.2, -0.15) is 9.47 Å². The van der Waals surface area contributed by atoms with Gasteiger partial charge in [-0.25, -0.2) is 9.97 Å². The number of aromatic nitrogens is 7. The summed E-state index contributed by atoms with van der Waals surface area (Å²) in [4.78, 5) is 7.19. The number of rotatable bonds is 0. The van der Waals surface area contributed by atoms with Crippen LogP contribution in [0.1, 0.15) is 84.6 Å². The van der Waals surface area contributed by atoms with Crippen LogP contribution in [0.15, 0.2) is 36.1 Å². The quantitative estimate of drug-likeness (QED) is 0.366. The Bertz CT molecular complexity index is 361. The molecular formula is C21H49N7S2. The van der Waals surface area contributed by atoms with Crippen LogP contribution in [0.4, 0.5) is 0 Å². The van der Waals surface area contributed by atoms with E-state index in [2.05, 4.69) is 96.4 Å². The number of nitrogens with zero attached hydrogens (tertiary/aromatic N) is 6. The highest BCUT2D eigenvalue weighted by Crippen LogP contribution is 1.82. The van der Waals surface area contributed by atoms with Crippen molar-refractivity contribution >= 4 is 23.1 Å². The minimum atomic E-state index is 0. The average Bonchev–Trinajstić information content (AvgIpc) is 3.31. The monoisotopic (exact) mass is 463 g/mol. The van der Waals surface area contributed by atoms with Crippen LogP contribution < -0.4 is 0 Å². The Morgan fingerprint density at radius 1 is 0.700 bits per heavy atom. The van der Waals surface area contributed by atoms with E-state index >= 15 is 0 Å². The first-order valence-electron chi connectivity index (χ1n) is 8.89. The summed E-state index contributed by atoms with van der Waals surface area (Å²) >= 11 is 2.70. The smallest absolute Gasteiger partial charge is 0.137 e. The van der Waals surface area contributed by atoms with Gasteiger partial charge in [0.1, 0.15) is 24.5 Å². The predicted octanol–water partition coefficient (Wildman–Crippen LogP) is 7.78. The molecule has 0 saturated heterocycles. The van der Waals surface area contributed by atoms with E-state index < -0.39 is 0 Å². The molecule has 3 heterocycles. The third-order valence-corrected chi connectivity index (χ3v) is 1.76. The van der Waals surface area contributed by atoms with Crippen LogP contribution in [0.2, 0.25) is 0 Å². The number of aromatic amines is 1. The largest absolute Gasteiger partial charge is 0.266 e. The van der Waals surface area contributed by atoms with Crippen LogP contribution in [-0.4, -0.2) is 34.1 Å². The third-order valence-electron chi connectivity index (χ3n) is 0.897. The molecule has 0 saturated carbocycles. The van der Waals surface area contributed by atoms with E-state index in [1.165, 1.54) is 42.0 Å². The van der Waals surface area contributed by atoms with Crippen molar-refractivity contribution in [2.75, 3.05) is 0 Å². The molecule has 0 aliphatic heterocycles. The van der Waals surface area contributed by atoms with E-state index in [4.69, 9.17) is 0 Å². The van der Waals surface area contributed by atoms with E-state index in [1.807, 2.05) is 5.38 Å². The highest BCUT2D eigenvalue weighted by atomic mass is 32.1. The molecule has 9 heteroatoms. The van der Waals surface area contributed by atoms with Crippen LogP contribution in [0.5, 0.6) is 0 Å². The minimum Gasteiger partial charge on any atom is -0.266 e. The second kappa shape index (κ2) is 37.9. The zero-order chi connectivity index (χ0) is 21.3. The molecule has 0 bridgehead atoms. The summed E-state index contributed by atoms with van der Waals surface area (Å²) in [6.45, 7) is 19.5. The molecule has 3 rings (SSSR count). The van der Waals surface area contributed by atoms with Gasteiger partial charge in [-0.05, 0) is 40.8 Å². The topological polar surface area (TPSA) is 93.1 Å². The second-order valence-corrected chi connectivity index (χ2v) is 8.30. The first-order valence-corrected chi connectivity index (χ1v) is 10.6. The lowest BCUT2D eigenvalue weighted by atomic mass is 10.3. The van der Waals surface area contributed by atoms with Crippen molar-refractivity contribution in [2.24, 2.45) is 17.8 Å². The summed E-state index contributed by atoms with van der Waals surface area (Å²) < 4.78 is 7.17. The molecule has 0 atom stereocenters. The summed E-state index contributed by atoms with van der Waals surface area (Å²) in [5.74, 6) is 2.50. The normalized spacial score (nSPS) is 7.60. The summed E-state index contributed by atoms with van der Waals surface area (Å²) in [5, 5.41) is 11.3. The van der Waals surface area contributed by atoms with Gasteiger partial charge in [0.2, 0.25) is 0 Å². The van der Waals surface area contributed by atoms with Crippen LogP contribution >= 0.6 is 23.1 Å². The SMILES string of the molecule is C.C.C.CC(C)C.CC(C)C.CC(C)C.c1csnn1.c1nc[nH]n1.c1ncsn1. The molecule has 30 heavy (non-hydrogen) atoms. The van der Waals surface area contributed by atoms with Gasteiger partial charge < -0.3 is 0 Å². The molecule has 3 aromatic heterocycles. The molecule has 0 spiro atoms. The predicted molar refractivity (Wildman–Crippen MR) is 138 cm³/mol. The fourth-order valence-electron chi connectivity index (χ4n) is 0.439. The van der Waals surface area contributed by atoms with E-state index in [0.29, 0.717) is 0 Å². The van der Waals surface area contributed by atoms with E-state index in [-0.39, 0.29) is 22.3 Å². The molecule has 0 fully saturated rings. The summed E-state index contributed by atoms with van der Waals surface area (Å²) in [6.07, 6.45) is 6.13. The van der Waals surface area contributed by atoms with Gasteiger partial charge in [0.05, 0.1) is 6.20 Å². The lowest BCUT2D eigenvalue weighted by molar-refractivity contribution is 0.736. The number of hydrogen-bond donors (Lipinski definition) is 1. The standard InChI is InChI=1S/3C4H10.C2H3N3.2C2H2N2S.3CH4/c3*1-4(2)3;2*1-3-2-5-4-1;1-2-5-4-3-1;;;/h3*4H,1-3H3;1-2H,(H,3,4,5);2*1-2H;3*1H4.